The van der Waals surface area contributed by atoms with Crippen molar-refractivity contribution in [1.82, 2.24) is 0 Å². The van der Waals surface area contributed by atoms with E-state index in [9.17, 15) is 5.11 Å². The van der Waals surface area contributed by atoms with Gasteiger partial charge in [0.05, 0.1) is 13.6 Å². The van der Waals surface area contributed by atoms with Gasteiger partial charge in [0.25, 0.3) is 0 Å². The number of quaternary nitrogens is 1. The Morgan fingerprint density at radius 2 is 2.44 bits per heavy atom. The molecule has 2 unspecified atom stereocenters. The van der Waals surface area contributed by atoms with Crippen LogP contribution in [0.3, 0.4) is 0 Å². The smallest absolute Gasteiger partial charge is 0.192 e. The van der Waals surface area contributed by atoms with E-state index >= 15 is 0 Å². The fourth-order valence-electron chi connectivity index (χ4n) is 0.859. The first kappa shape index (κ1) is 6.71. The molecule has 52 valence electrons. The van der Waals surface area contributed by atoms with Gasteiger partial charge in [-0.25, -0.2) is 4.99 Å². The Bertz CT molecular complexity index is 133. The Balaban J connectivity index is 2.62. The summed E-state index contributed by atoms with van der Waals surface area (Å²) >= 11 is 0. The Labute approximate surface area is 55.2 Å². The third kappa shape index (κ3) is 1.11. The molecule has 0 spiro atoms. The van der Waals surface area contributed by atoms with E-state index in [4.69, 9.17) is 0 Å². The van der Waals surface area contributed by atoms with Crippen LogP contribution in [0.15, 0.2) is 4.99 Å². The molecule has 1 aliphatic rings. The van der Waals surface area contributed by atoms with Crippen LogP contribution in [-0.2, 0) is 0 Å². The second-order valence-electron chi connectivity index (χ2n) is 2.72. The van der Waals surface area contributed by atoms with Crippen LogP contribution in [0, 0.1) is 0 Å². The summed E-state index contributed by atoms with van der Waals surface area (Å²) in [7, 11) is 1.97. The number of likely N-dealkylation sites (N-methyl/N-ethyl adjacent to an activating group) is 1. The minimum atomic E-state index is -0.323. The van der Waals surface area contributed by atoms with E-state index in [1.807, 2.05) is 13.4 Å². The van der Waals surface area contributed by atoms with E-state index < -0.39 is 0 Å². The van der Waals surface area contributed by atoms with Crippen LogP contribution < -0.4 is 0 Å². The average molecular weight is 129 g/mol. The molecule has 0 bridgehead atoms. The van der Waals surface area contributed by atoms with Crippen molar-refractivity contribution in [2.24, 2.45) is 4.99 Å². The van der Waals surface area contributed by atoms with E-state index in [-0.39, 0.29) is 6.23 Å². The molecule has 1 N–H and O–H groups in total. The van der Waals surface area contributed by atoms with E-state index in [1.165, 1.54) is 0 Å². The van der Waals surface area contributed by atoms with Gasteiger partial charge in [0, 0.05) is 6.92 Å². The van der Waals surface area contributed by atoms with E-state index in [1.54, 1.807) is 6.92 Å². The summed E-state index contributed by atoms with van der Waals surface area (Å²) in [5.41, 5.74) is 0. The SMILES string of the molecule is CC(O)[N+]1(C)C=NCC1. The molecule has 1 aliphatic heterocycles. The lowest BCUT2D eigenvalue weighted by Crippen LogP contribution is -2.48. The van der Waals surface area contributed by atoms with E-state index in [0.717, 1.165) is 13.1 Å². The summed E-state index contributed by atoms with van der Waals surface area (Å²) in [5, 5.41) is 9.19. The van der Waals surface area contributed by atoms with Crippen LogP contribution in [0.1, 0.15) is 6.92 Å². The van der Waals surface area contributed by atoms with Crippen LogP contribution in [0.4, 0.5) is 0 Å². The highest BCUT2D eigenvalue weighted by Gasteiger charge is 2.28. The van der Waals surface area contributed by atoms with Crippen LogP contribution in [0.2, 0.25) is 0 Å². The zero-order chi connectivity index (χ0) is 6.91. The minimum absolute atomic E-state index is 0.323. The summed E-state index contributed by atoms with van der Waals surface area (Å²) in [6.07, 6.45) is 1.49. The van der Waals surface area contributed by atoms with Crippen molar-refractivity contribution in [1.29, 1.82) is 0 Å². The van der Waals surface area contributed by atoms with Gasteiger partial charge in [0.1, 0.15) is 6.54 Å². The molecule has 1 rings (SSSR count). The van der Waals surface area contributed by atoms with Gasteiger partial charge in [-0.2, -0.15) is 0 Å². The van der Waals surface area contributed by atoms with Crippen molar-refractivity contribution in [2.45, 2.75) is 13.2 Å². The molecule has 2 atom stereocenters. The van der Waals surface area contributed by atoms with Crippen LogP contribution in [0.25, 0.3) is 0 Å². The minimum Gasteiger partial charge on any atom is -0.345 e. The molecule has 9 heavy (non-hydrogen) atoms. The van der Waals surface area contributed by atoms with Gasteiger partial charge in [-0.15, -0.1) is 0 Å². The lowest BCUT2D eigenvalue weighted by Gasteiger charge is -2.27. The number of aliphatic hydroxyl groups is 1. The Morgan fingerprint density at radius 3 is 2.67 bits per heavy atom. The standard InChI is InChI=1S/C6H13N2O/c1-6(9)8(2)4-3-7-5-8/h5-6,9H,3-4H2,1-2H3/q+1. The normalized spacial score (nSPS) is 37.2. The van der Waals surface area contributed by atoms with Crippen molar-refractivity contribution < 1.29 is 9.59 Å². The summed E-state index contributed by atoms with van der Waals surface area (Å²) in [4.78, 5) is 4.04. The zero-order valence-corrected chi connectivity index (χ0v) is 5.91. The third-order valence-electron chi connectivity index (χ3n) is 1.91. The summed E-state index contributed by atoms with van der Waals surface area (Å²) in [6, 6.07) is 0. The molecule has 3 nitrogen and oxygen atoms in total. The lowest BCUT2D eigenvalue weighted by atomic mass is 10.4. The highest BCUT2D eigenvalue weighted by molar-refractivity contribution is 5.47. The molecule has 0 saturated heterocycles. The number of rotatable bonds is 1. The van der Waals surface area contributed by atoms with Gasteiger partial charge in [0.2, 0.25) is 0 Å². The molecule has 0 aromatic carbocycles. The van der Waals surface area contributed by atoms with Crippen LogP contribution in [0.5, 0.6) is 0 Å². The van der Waals surface area contributed by atoms with Gasteiger partial charge in [0.15, 0.2) is 12.6 Å². The van der Waals surface area contributed by atoms with Crippen molar-refractivity contribution in [3.05, 3.63) is 0 Å². The first-order valence-corrected chi connectivity index (χ1v) is 3.19. The van der Waals surface area contributed by atoms with Gasteiger partial charge in [-0.05, 0) is 0 Å². The second-order valence-corrected chi connectivity index (χ2v) is 2.72. The summed E-state index contributed by atoms with van der Waals surface area (Å²) < 4.78 is 0.569. The van der Waals surface area contributed by atoms with Crippen molar-refractivity contribution in [3.63, 3.8) is 0 Å². The first-order valence-electron chi connectivity index (χ1n) is 3.19. The summed E-state index contributed by atoms with van der Waals surface area (Å²) in [5.74, 6) is 0. The molecule has 0 saturated carbocycles. The van der Waals surface area contributed by atoms with Crippen molar-refractivity contribution in [2.75, 3.05) is 20.1 Å². The van der Waals surface area contributed by atoms with Crippen LogP contribution >= 0.6 is 0 Å². The number of aliphatic imine (C=N–C) groups is 1. The predicted molar refractivity (Wildman–Crippen MR) is 36.1 cm³/mol. The van der Waals surface area contributed by atoms with E-state index in [2.05, 4.69) is 4.99 Å². The fourth-order valence-corrected chi connectivity index (χ4v) is 0.859. The number of nitrogens with zero attached hydrogens (tertiary/aromatic N) is 2. The maximum atomic E-state index is 9.19. The largest absolute Gasteiger partial charge is 0.345 e. The molecule has 0 aromatic rings. The van der Waals surface area contributed by atoms with Gasteiger partial charge >= 0.3 is 0 Å². The Kier molecular flexibility index (Phi) is 1.55. The maximum absolute atomic E-state index is 9.19. The third-order valence-corrected chi connectivity index (χ3v) is 1.91. The summed E-state index contributed by atoms with van der Waals surface area (Å²) in [6.45, 7) is 3.57. The van der Waals surface area contributed by atoms with Gasteiger partial charge in [-0.3, -0.25) is 4.48 Å². The van der Waals surface area contributed by atoms with Gasteiger partial charge < -0.3 is 5.11 Å². The van der Waals surface area contributed by atoms with Crippen molar-refractivity contribution in [3.8, 4) is 0 Å². The monoisotopic (exact) mass is 129 g/mol. The topological polar surface area (TPSA) is 32.6 Å². The number of aliphatic hydroxyl groups excluding tert-OH is 1. The van der Waals surface area contributed by atoms with E-state index in [0.29, 0.717) is 4.48 Å². The molecule has 0 amide bonds. The molecule has 0 fully saturated rings. The Hall–Kier alpha value is -0.410. The predicted octanol–water partition coefficient (Wildman–Crippen LogP) is -0.187. The maximum Gasteiger partial charge on any atom is 0.192 e. The molecule has 0 radical (unpaired) electrons. The Morgan fingerprint density at radius 1 is 1.78 bits per heavy atom. The fraction of sp³-hybridized carbons (Fsp3) is 0.833. The second kappa shape index (κ2) is 2.08. The quantitative estimate of drug-likeness (QED) is 0.489. The molecular weight excluding hydrogens is 116 g/mol. The highest BCUT2D eigenvalue weighted by Crippen LogP contribution is 2.08. The number of hydrogen-bond acceptors (Lipinski definition) is 2. The van der Waals surface area contributed by atoms with Crippen LogP contribution in [-0.4, -0.2) is 42.3 Å². The molecule has 0 aliphatic carbocycles. The van der Waals surface area contributed by atoms with Crippen molar-refractivity contribution >= 4 is 6.34 Å². The zero-order valence-electron chi connectivity index (χ0n) is 5.91. The molecule has 3 heteroatoms. The first-order chi connectivity index (χ1) is 4.15. The highest BCUT2D eigenvalue weighted by atomic mass is 16.3. The lowest BCUT2D eigenvalue weighted by molar-refractivity contribution is -0.857. The average Bonchev–Trinajstić information content (AvgIpc) is 2.16. The molecular formula is C6H13N2O+. The molecule has 0 aromatic heterocycles. The molecule has 1 heterocycles. The van der Waals surface area contributed by atoms with Gasteiger partial charge in [-0.1, -0.05) is 0 Å². The number of hydrogen-bond donors (Lipinski definition) is 1.